The van der Waals surface area contributed by atoms with Crippen LogP contribution in [0.25, 0.3) is 0 Å². The maximum atomic E-state index is 10.7. The van der Waals surface area contributed by atoms with Crippen LogP contribution < -0.4 is 4.74 Å². The highest BCUT2D eigenvalue weighted by atomic mass is 79.9. The normalized spacial score (nSPS) is 10.2. The lowest BCUT2D eigenvalue weighted by atomic mass is 10.3. The molecule has 2 aromatic rings. The van der Waals surface area contributed by atoms with Gasteiger partial charge >= 0.3 is 0 Å². The molecule has 0 spiro atoms. The van der Waals surface area contributed by atoms with E-state index in [1.165, 1.54) is 12.1 Å². The van der Waals surface area contributed by atoms with E-state index in [0.29, 0.717) is 23.2 Å². The van der Waals surface area contributed by atoms with Gasteiger partial charge in [-0.15, -0.1) is 0 Å². The lowest BCUT2D eigenvalue weighted by molar-refractivity contribution is -0.385. The Bertz CT molecular complexity index is 575. The van der Waals surface area contributed by atoms with Crippen molar-refractivity contribution in [2.24, 2.45) is 0 Å². The molecule has 1 aromatic heterocycles. The maximum absolute atomic E-state index is 10.7. The monoisotopic (exact) mass is 322 g/mol. The summed E-state index contributed by atoms with van der Waals surface area (Å²) in [7, 11) is 0. The largest absolute Gasteiger partial charge is 0.492 e. The van der Waals surface area contributed by atoms with E-state index in [1.54, 1.807) is 12.3 Å². The van der Waals surface area contributed by atoms with Gasteiger partial charge in [0.25, 0.3) is 5.69 Å². The summed E-state index contributed by atoms with van der Waals surface area (Å²) in [5, 5.41) is 10.7. The Labute approximate surface area is 118 Å². The number of aromatic nitrogens is 1. The second-order valence-electron chi connectivity index (χ2n) is 3.79. The van der Waals surface area contributed by atoms with Gasteiger partial charge in [0.15, 0.2) is 0 Å². The molecular formula is C13H11BrN2O3. The number of hydrogen-bond donors (Lipinski definition) is 0. The Morgan fingerprint density at radius 3 is 2.84 bits per heavy atom. The molecule has 0 amide bonds. The van der Waals surface area contributed by atoms with Crippen molar-refractivity contribution in [1.29, 1.82) is 0 Å². The van der Waals surface area contributed by atoms with E-state index >= 15 is 0 Å². The van der Waals surface area contributed by atoms with Crippen molar-refractivity contribution in [3.63, 3.8) is 0 Å². The third-order valence-corrected chi connectivity index (χ3v) is 3.12. The number of non-ortho nitro benzene ring substituents is 1. The summed E-state index contributed by atoms with van der Waals surface area (Å²) in [4.78, 5) is 14.4. The van der Waals surface area contributed by atoms with Crippen molar-refractivity contribution in [1.82, 2.24) is 4.98 Å². The van der Waals surface area contributed by atoms with E-state index < -0.39 is 4.92 Å². The molecule has 98 valence electrons. The van der Waals surface area contributed by atoms with Crippen LogP contribution in [0, 0.1) is 10.1 Å². The molecule has 0 unspecified atom stereocenters. The van der Waals surface area contributed by atoms with Crippen LogP contribution in [-0.2, 0) is 6.42 Å². The summed E-state index contributed by atoms with van der Waals surface area (Å²) in [6.07, 6.45) is 2.37. The third kappa shape index (κ3) is 3.75. The first-order valence-electron chi connectivity index (χ1n) is 5.63. The van der Waals surface area contributed by atoms with Crippen molar-refractivity contribution in [2.45, 2.75) is 6.42 Å². The number of halogens is 1. The Morgan fingerprint density at radius 1 is 1.32 bits per heavy atom. The molecule has 5 nitrogen and oxygen atoms in total. The number of hydrogen-bond acceptors (Lipinski definition) is 4. The molecular weight excluding hydrogens is 312 g/mol. The topological polar surface area (TPSA) is 65.3 Å². The van der Waals surface area contributed by atoms with Crippen LogP contribution in [0.4, 0.5) is 5.69 Å². The van der Waals surface area contributed by atoms with E-state index in [2.05, 4.69) is 20.9 Å². The highest BCUT2D eigenvalue weighted by Gasteiger charge is 2.10. The zero-order chi connectivity index (χ0) is 13.7. The first kappa shape index (κ1) is 13.5. The average molecular weight is 323 g/mol. The first-order chi connectivity index (χ1) is 9.16. The molecule has 0 radical (unpaired) electrons. The van der Waals surface area contributed by atoms with Crippen molar-refractivity contribution in [2.75, 3.05) is 6.61 Å². The Balaban J connectivity index is 1.99. The molecule has 1 aromatic carbocycles. The van der Waals surface area contributed by atoms with E-state index in [-0.39, 0.29) is 5.69 Å². The summed E-state index contributed by atoms with van der Waals surface area (Å²) in [5.41, 5.74) is 0.931. The van der Waals surface area contributed by atoms with Gasteiger partial charge in [-0.3, -0.25) is 15.1 Å². The van der Waals surface area contributed by atoms with Gasteiger partial charge in [0.1, 0.15) is 5.75 Å². The Morgan fingerprint density at radius 2 is 2.16 bits per heavy atom. The fraction of sp³-hybridized carbons (Fsp3) is 0.154. The second-order valence-corrected chi connectivity index (χ2v) is 4.65. The van der Waals surface area contributed by atoms with E-state index in [4.69, 9.17) is 4.74 Å². The minimum Gasteiger partial charge on any atom is -0.492 e. The van der Waals surface area contributed by atoms with E-state index in [0.717, 1.165) is 5.69 Å². The molecule has 0 aliphatic carbocycles. The molecule has 0 atom stereocenters. The summed E-state index contributed by atoms with van der Waals surface area (Å²) < 4.78 is 6.23. The Hall–Kier alpha value is -1.95. The number of nitro benzene ring substituents is 1. The summed E-state index contributed by atoms with van der Waals surface area (Å²) in [6, 6.07) is 10.1. The molecule has 0 N–H and O–H groups in total. The first-order valence-corrected chi connectivity index (χ1v) is 6.43. The fourth-order valence-electron chi connectivity index (χ4n) is 1.53. The minimum atomic E-state index is -0.446. The van der Waals surface area contributed by atoms with E-state index in [9.17, 15) is 10.1 Å². The number of nitro groups is 1. The lowest BCUT2D eigenvalue weighted by Gasteiger charge is -2.07. The molecule has 0 aliphatic rings. The standard InChI is InChI=1S/C13H11BrN2O3/c14-12-5-4-11(16(17)18)9-13(12)19-8-6-10-3-1-2-7-15-10/h1-5,7,9H,6,8H2. The summed E-state index contributed by atoms with van der Waals surface area (Å²) >= 11 is 3.30. The van der Waals surface area contributed by atoms with Gasteiger partial charge in [0, 0.05) is 24.4 Å². The van der Waals surface area contributed by atoms with Crippen LogP contribution in [-0.4, -0.2) is 16.5 Å². The van der Waals surface area contributed by atoms with Gasteiger partial charge in [0.05, 0.1) is 22.1 Å². The molecule has 0 bridgehead atoms. The quantitative estimate of drug-likeness (QED) is 0.625. The van der Waals surface area contributed by atoms with Gasteiger partial charge in [-0.05, 0) is 34.1 Å². The smallest absolute Gasteiger partial charge is 0.273 e. The molecule has 6 heteroatoms. The van der Waals surface area contributed by atoms with Crippen LogP contribution >= 0.6 is 15.9 Å². The third-order valence-electron chi connectivity index (χ3n) is 2.47. The maximum Gasteiger partial charge on any atom is 0.273 e. The number of benzene rings is 1. The van der Waals surface area contributed by atoms with Crippen molar-refractivity contribution < 1.29 is 9.66 Å². The molecule has 19 heavy (non-hydrogen) atoms. The molecule has 0 saturated carbocycles. The second kappa shape index (κ2) is 6.29. The summed E-state index contributed by atoms with van der Waals surface area (Å²) in [5.74, 6) is 0.463. The predicted molar refractivity (Wildman–Crippen MR) is 74.2 cm³/mol. The molecule has 0 saturated heterocycles. The number of pyridine rings is 1. The Kier molecular flexibility index (Phi) is 4.46. The highest BCUT2D eigenvalue weighted by Crippen LogP contribution is 2.29. The highest BCUT2D eigenvalue weighted by molar-refractivity contribution is 9.10. The number of rotatable bonds is 5. The van der Waals surface area contributed by atoms with Crippen LogP contribution in [0.2, 0.25) is 0 Å². The van der Waals surface area contributed by atoms with Gasteiger partial charge in [-0.1, -0.05) is 6.07 Å². The molecule has 0 fully saturated rings. The van der Waals surface area contributed by atoms with Crippen LogP contribution in [0.3, 0.4) is 0 Å². The van der Waals surface area contributed by atoms with Crippen molar-refractivity contribution >= 4 is 21.6 Å². The zero-order valence-electron chi connectivity index (χ0n) is 9.95. The predicted octanol–water partition coefficient (Wildman–Crippen LogP) is 3.37. The number of nitrogens with zero attached hydrogens (tertiary/aromatic N) is 2. The van der Waals surface area contributed by atoms with E-state index in [1.807, 2.05) is 18.2 Å². The zero-order valence-corrected chi connectivity index (χ0v) is 11.5. The van der Waals surface area contributed by atoms with Crippen LogP contribution in [0.1, 0.15) is 5.69 Å². The van der Waals surface area contributed by atoms with Gasteiger partial charge in [-0.2, -0.15) is 0 Å². The van der Waals surface area contributed by atoms with Gasteiger partial charge in [-0.25, -0.2) is 0 Å². The molecule has 1 heterocycles. The van der Waals surface area contributed by atoms with Gasteiger partial charge in [0.2, 0.25) is 0 Å². The van der Waals surface area contributed by atoms with Crippen LogP contribution in [0.15, 0.2) is 47.1 Å². The van der Waals surface area contributed by atoms with Crippen molar-refractivity contribution in [3.05, 3.63) is 62.9 Å². The minimum absolute atomic E-state index is 0.0102. The van der Waals surface area contributed by atoms with Gasteiger partial charge < -0.3 is 4.74 Å². The molecule has 2 rings (SSSR count). The number of ether oxygens (including phenoxy) is 1. The fourth-order valence-corrected chi connectivity index (χ4v) is 1.89. The molecule has 0 aliphatic heterocycles. The lowest BCUT2D eigenvalue weighted by Crippen LogP contribution is -2.03. The summed E-state index contributed by atoms with van der Waals surface area (Å²) in [6.45, 7) is 0.413. The average Bonchev–Trinajstić information content (AvgIpc) is 2.42. The SMILES string of the molecule is O=[N+]([O-])c1ccc(Br)c(OCCc2ccccn2)c1. The van der Waals surface area contributed by atoms with Crippen LogP contribution in [0.5, 0.6) is 5.75 Å². The van der Waals surface area contributed by atoms with Crippen molar-refractivity contribution in [3.8, 4) is 5.75 Å².